The maximum absolute atomic E-state index is 10.1. The maximum Gasteiger partial charge on any atom is 0.145 e. The molecule has 2 rings (SSSR count). The first kappa shape index (κ1) is 12.6. The molecule has 0 atom stereocenters. The minimum atomic E-state index is -0.654. The first-order chi connectivity index (χ1) is 8.49. The largest absolute Gasteiger partial charge is 0.506 e. The van der Waals surface area contributed by atoms with Crippen LogP contribution >= 0.6 is 0 Å². The molecule has 96 valence electrons. The smallest absolute Gasteiger partial charge is 0.145 e. The summed E-state index contributed by atoms with van der Waals surface area (Å²) in [7, 11) is 3.19. The minimum Gasteiger partial charge on any atom is -0.506 e. The summed E-state index contributed by atoms with van der Waals surface area (Å²) >= 11 is 0. The molecule has 0 radical (unpaired) electrons. The molecule has 2 aromatic rings. The second kappa shape index (κ2) is 4.46. The van der Waals surface area contributed by atoms with Crippen molar-refractivity contribution in [3.63, 3.8) is 0 Å². The van der Waals surface area contributed by atoms with Gasteiger partial charge in [-0.3, -0.25) is 0 Å². The van der Waals surface area contributed by atoms with Crippen LogP contribution in [0.2, 0.25) is 0 Å². The number of aromatic nitrogens is 1. The van der Waals surface area contributed by atoms with Crippen molar-refractivity contribution < 1.29 is 14.6 Å². The lowest BCUT2D eigenvalue weighted by Gasteiger charge is -2.23. The highest BCUT2D eigenvalue weighted by molar-refractivity contribution is 5.86. The molecular formula is C14H17NO3. The van der Waals surface area contributed by atoms with Crippen LogP contribution in [0, 0.1) is 0 Å². The molecule has 1 heterocycles. The van der Waals surface area contributed by atoms with Gasteiger partial charge in [-0.2, -0.15) is 0 Å². The quantitative estimate of drug-likeness (QED) is 0.906. The van der Waals surface area contributed by atoms with Gasteiger partial charge in [-0.1, -0.05) is 12.1 Å². The van der Waals surface area contributed by atoms with Crippen LogP contribution < -0.4 is 4.74 Å². The van der Waals surface area contributed by atoms with Crippen LogP contribution in [0.1, 0.15) is 19.5 Å². The Kier molecular flexibility index (Phi) is 3.13. The lowest BCUT2D eigenvalue weighted by atomic mass is 10.0. The summed E-state index contributed by atoms with van der Waals surface area (Å²) in [6, 6.07) is 7.27. The highest BCUT2D eigenvalue weighted by Gasteiger charge is 2.26. The summed E-state index contributed by atoms with van der Waals surface area (Å²) in [5.41, 5.74) is 0.569. The van der Waals surface area contributed by atoms with E-state index < -0.39 is 5.60 Å². The number of fused-ring (bicyclic) bond motifs is 1. The van der Waals surface area contributed by atoms with Gasteiger partial charge in [0.05, 0.1) is 7.11 Å². The number of pyridine rings is 1. The van der Waals surface area contributed by atoms with E-state index in [2.05, 4.69) is 4.98 Å². The molecule has 0 amide bonds. The average molecular weight is 247 g/mol. The second-order valence-corrected chi connectivity index (χ2v) is 4.60. The number of benzene rings is 1. The minimum absolute atomic E-state index is 0.127. The second-order valence-electron chi connectivity index (χ2n) is 4.60. The molecular weight excluding hydrogens is 230 g/mol. The zero-order chi connectivity index (χ0) is 13.3. The Morgan fingerprint density at radius 2 is 1.94 bits per heavy atom. The molecule has 1 aromatic heterocycles. The fraction of sp³-hybridized carbons (Fsp3) is 0.357. The van der Waals surface area contributed by atoms with Crippen molar-refractivity contribution in [2.75, 3.05) is 14.2 Å². The van der Waals surface area contributed by atoms with Gasteiger partial charge in [0.15, 0.2) is 0 Å². The third-order valence-corrected chi connectivity index (χ3v) is 3.09. The normalized spacial score (nSPS) is 11.8. The Labute approximate surface area is 106 Å². The number of ether oxygens (including phenoxy) is 2. The van der Waals surface area contributed by atoms with Crippen LogP contribution in [0.4, 0.5) is 0 Å². The lowest BCUT2D eigenvalue weighted by molar-refractivity contribution is 0.0137. The van der Waals surface area contributed by atoms with Gasteiger partial charge in [-0.05, 0) is 26.0 Å². The Morgan fingerprint density at radius 3 is 2.56 bits per heavy atom. The van der Waals surface area contributed by atoms with Crippen molar-refractivity contribution in [1.29, 1.82) is 0 Å². The van der Waals surface area contributed by atoms with Gasteiger partial charge < -0.3 is 14.6 Å². The molecule has 0 saturated carbocycles. The third kappa shape index (κ3) is 1.99. The predicted molar refractivity (Wildman–Crippen MR) is 70.0 cm³/mol. The molecule has 0 bridgehead atoms. The number of methoxy groups -OCH3 is 2. The first-order valence-electron chi connectivity index (χ1n) is 5.72. The number of nitrogens with zero attached hydrogens (tertiary/aromatic N) is 1. The van der Waals surface area contributed by atoms with E-state index in [1.54, 1.807) is 20.3 Å². The number of para-hydroxylation sites is 1. The predicted octanol–water partition coefficient (Wildman–Crippen LogP) is 2.83. The zero-order valence-corrected chi connectivity index (χ0v) is 11.0. The number of aromatic hydroxyl groups is 1. The molecule has 0 saturated heterocycles. The van der Waals surface area contributed by atoms with Crippen LogP contribution in [0.3, 0.4) is 0 Å². The molecule has 0 unspecified atom stereocenters. The molecule has 1 N–H and O–H groups in total. The van der Waals surface area contributed by atoms with Crippen molar-refractivity contribution in [3.8, 4) is 11.5 Å². The standard InChI is InChI=1S/C14H17NO3/c1-14(2,18-4)13-10(16)8-9-6-5-7-11(17-3)12(9)15-13/h5-8,16H,1-4H3. The van der Waals surface area contributed by atoms with Gasteiger partial charge in [0.25, 0.3) is 0 Å². The van der Waals surface area contributed by atoms with E-state index >= 15 is 0 Å². The van der Waals surface area contributed by atoms with Gasteiger partial charge in [0, 0.05) is 12.5 Å². The summed E-state index contributed by atoms with van der Waals surface area (Å²) in [4.78, 5) is 4.49. The summed E-state index contributed by atoms with van der Waals surface area (Å²) in [6.07, 6.45) is 0. The lowest BCUT2D eigenvalue weighted by Crippen LogP contribution is -2.21. The van der Waals surface area contributed by atoms with Crippen molar-refractivity contribution in [2.24, 2.45) is 0 Å². The summed E-state index contributed by atoms with van der Waals surface area (Å²) in [5, 5.41) is 10.9. The SMILES string of the molecule is COc1cccc2cc(O)c(C(C)(C)OC)nc12. The van der Waals surface area contributed by atoms with Crippen LogP contribution in [0.25, 0.3) is 10.9 Å². The van der Waals surface area contributed by atoms with Crippen molar-refractivity contribution in [2.45, 2.75) is 19.4 Å². The van der Waals surface area contributed by atoms with Crippen LogP contribution in [-0.4, -0.2) is 24.3 Å². The Morgan fingerprint density at radius 1 is 1.22 bits per heavy atom. The average Bonchev–Trinajstić information content (AvgIpc) is 2.36. The molecule has 0 fully saturated rings. The van der Waals surface area contributed by atoms with E-state index in [4.69, 9.17) is 9.47 Å². The van der Waals surface area contributed by atoms with E-state index in [9.17, 15) is 5.11 Å². The van der Waals surface area contributed by atoms with Gasteiger partial charge >= 0.3 is 0 Å². The Balaban J connectivity index is 2.74. The van der Waals surface area contributed by atoms with E-state index in [1.807, 2.05) is 32.0 Å². The van der Waals surface area contributed by atoms with Crippen molar-refractivity contribution in [3.05, 3.63) is 30.0 Å². The fourth-order valence-corrected chi connectivity index (χ4v) is 1.86. The Bertz CT molecular complexity index is 579. The molecule has 0 aliphatic rings. The summed E-state index contributed by atoms with van der Waals surface area (Å²) in [6.45, 7) is 3.71. The van der Waals surface area contributed by atoms with Crippen molar-refractivity contribution in [1.82, 2.24) is 4.98 Å². The zero-order valence-electron chi connectivity index (χ0n) is 11.0. The van der Waals surface area contributed by atoms with Crippen LogP contribution in [0.5, 0.6) is 11.5 Å². The molecule has 4 heteroatoms. The molecule has 18 heavy (non-hydrogen) atoms. The van der Waals surface area contributed by atoms with E-state index in [0.717, 1.165) is 10.9 Å². The highest BCUT2D eigenvalue weighted by Crippen LogP contribution is 2.34. The van der Waals surface area contributed by atoms with E-state index in [0.29, 0.717) is 11.4 Å². The number of rotatable bonds is 3. The summed E-state index contributed by atoms with van der Waals surface area (Å²) in [5.74, 6) is 0.809. The van der Waals surface area contributed by atoms with E-state index in [1.165, 1.54) is 0 Å². The molecule has 0 aliphatic heterocycles. The summed E-state index contributed by atoms with van der Waals surface area (Å²) < 4.78 is 10.6. The van der Waals surface area contributed by atoms with Crippen LogP contribution in [0.15, 0.2) is 24.3 Å². The molecule has 0 aliphatic carbocycles. The van der Waals surface area contributed by atoms with Gasteiger partial charge in [-0.25, -0.2) is 4.98 Å². The molecule has 0 spiro atoms. The van der Waals surface area contributed by atoms with Gasteiger partial charge in [-0.15, -0.1) is 0 Å². The molecule has 1 aromatic carbocycles. The van der Waals surface area contributed by atoms with E-state index in [-0.39, 0.29) is 5.75 Å². The number of hydrogen-bond acceptors (Lipinski definition) is 4. The van der Waals surface area contributed by atoms with Gasteiger partial charge in [0.1, 0.15) is 28.3 Å². The fourth-order valence-electron chi connectivity index (χ4n) is 1.86. The Hall–Kier alpha value is -1.81. The monoisotopic (exact) mass is 247 g/mol. The molecule has 4 nitrogen and oxygen atoms in total. The first-order valence-corrected chi connectivity index (χ1v) is 5.72. The van der Waals surface area contributed by atoms with Crippen LogP contribution in [-0.2, 0) is 10.3 Å². The third-order valence-electron chi connectivity index (χ3n) is 3.09. The highest BCUT2D eigenvalue weighted by atomic mass is 16.5. The van der Waals surface area contributed by atoms with Gasteiger partial charge in [0.2, 0.25) is 0 Å². The maximum atomic E-state index is 10.1. The number of hydrogen-bond donors (Lipinski definition) is 1. The van der Waals surface area contributed by atoms with Crippen molar-refractivity contribution >= 4 is 10.9 Å². The topological polar surface area (TPSA) is 51.6 Å².